The first-order valence-electron chi connectivity index (χ1n) is 5.84. The number of rotatable bonds is 2. The van der Waals surface area contributed by atoms with Crippen molar-refractivity contribution in [2.24, 2.45) is 0 Å². The first kappa shape index (κ1) is 13.9. The number of hydrogen-bond acceptors (Lipinski definition) is 2. The molecule has 3 rings (SSSR count). The van der Waals surface area contributed by atoms with E-state index in [1.807, 2.05) is 23.5 Å². The van der Waals surface area contributed by atoms with Crippen molar-refractivity contribution in [3.05, 3.63) is 56.7 Å². The monoisotopic (exact) mass is 305 g/mol. The van der Waals surface area contributed by atoms with Gasteiger partial charge in [0.05, 0.1) is 0 Å². The Morgan fingerprint density at radius 2 is 2.06 bits per heavy atom. The lowest BCUT2D eigenvalue weighted by molar-refractivity contribution is 0.247. The lowest BCUT2D eigenvalue weighted by Gasteiger charge is -2.27. The van der Waals surface area contributed by atoms with E-state index in [2.05, 4.69) is 28.5 Å². The van der Waals surface area contributed by atoms with Gasteiger partial charge in [-0.25, -0.2) is 0 Å². The van der Waals surface area contributed by atoms with Crippen molar-refractivity contribution >= 4 is 35.3 Å². The van der Waals surface area contributed by atoms with Crippen LogP contribution in [0, 0.1) is 0 Å². The van der Waals surface area contributed by atoms with Crippen LogP contribution in [0.3, 0.4) is 0 Å². The maximum Gasteiger partial charge on any atom is 0.0451 e. The fourth-order valence-electron chi connectivity index (χ4n) is 2.31. The highest BCUT2D eigenvalue weighted by Gasteiger charge is 2.17. The van der Waals surface area contributed by atoms with Gasteiger partial charge in [0.15, 0.2) is 0 Å². The third-order valence-corrected chi connectivity index (χ3v) is 4.63. The van der Waals surface area contributed by atoms with Crippen LogP contribution in [0.25, 0.3) is 0 Å². The molecule has 2 heterocycles. The number of benzene rings is 1. The highest BCUT2D eigenvalue weighted by molar-refractivity contribution is 7.10. The Bertz CT molecular complexity index is 524. The summed E-state index contributed by atoms with van der Waals surface area (Å²) in [5.74, 6) is 0. The van der Waals surface area contributed by atoms with Crippen molar-refractivity contribution < 1.29 is 0 Å². The third kappa shape index (κ3) is 2.89. The molecule has 0 saturated heterocycles. The molecule has 2 aromatic rings. The molecule has 0 fully saturated rings. The molecule has 0 unspecified atom stereocenters. The predicted molar refractivity (Wildman–Crippen MR) is 80.8 cm³/mol. The normalized spacial score (nSPS) is 14.9. The molecule has 1 aromatic carbocycles. The first-order valence-corrected chi connectivity index (χ1v) is 7.10. The predicted octanol–water partition coefficient (Wildman–Crippen LogP) is 4.38. The standard InChI is InChI=1S/C14H14ClNS.ClH/c15-13-4-2-1-3-11(13)9-16-7-5-14-12(10-16)6-8-17-14;/h1-4,6,8H,5,7,9-10H2;1H/i1+1,2+1,3+1,4+1,11+1,13+1;. The van der Waals surface area contributed by atoms with Gasteiger partial charge in [0.25, 0.3) is 0 Å². The van der Waals surface area contributed by atoms with Gasteiger partial charge >= 0.3 is 0 Å². The second-order valence-electron chi connectivity index (χ2n) is 4.42. The maximum absolute atomic E-state index is 6.20. The van der Waals surface area contributed by atoms with E-state index in [0.29, 0.717) is 0 Å². The van der Waals surface area contributed by atoms with E-state index in [1.54, 1.807) is 4.88 Å². The highest BCUT2D eigenvalue weighted by Crippen LogP contribution is 2.26. The number of fused-ring (bicyclic) bond motifs is 1. The van der Waals surface area contributed by atoms with Crippen molar-refractivity contribution in [1.29, 1.82) is 0 Å². The molecule has 18 heavy (non-hydrogen) atoms. The van der Waals surface area contributed by atoms with E-state index in [0.717, 1.165) is 24.7 Å². The largest absolute Gasteiger partial charge is 0.294 e. The zero-order chi connectivity index (χ0) is 11.7. The van der Waals surface area contributed by atoms with E-state index in [-0.39, 0.29) is 12.4 Å². The number of hydrogen-bond donors (Lipinski definition) is 0. The molecular formula is C14H15Cl2NS. The Labute approximate surface area is 123 Å². The smallest absolute Gasteiger partial charge is 0.0451 e. The molecule has 0 N–H and O–H groups in total. The lowest BCUT2D eigenvalue weighted by Crippen LogP contribution is -2.29. The lowest BCUT2D eigenvalue weighted by atomic mass is 10.1. The van der Waals surface area contributed by atoms with E-state index >= 15 is 0 Å². The zero-order valence-electron chi connectivity index (χ0n) is 9.93. The molecule has 1 nitrogen and oxygen atoms in total. The summed E-state index contributed by atoms with van der Waals surface area (Å²) in [4.78, 5) is 4.02. The molecule has 0 aliphatic carbocycles. The summed E-state index contributed by atoms with van der Waals surface area (Å²) in [5, 5.41) is 3.08. The van der Waals surface area contributed by atoms with Crippen LogP contribution in [0.5, 0.6) is 0 Å². The number of thiophene rings is 1. The van der Waals surface area contributed by atoms with Crippen LogP contribution in [-0.4, -0.2) is 11.4 Å². The molecule has 1 aliphatic rings. The van der Waals surface area contributed by atoms with E-state index in [4.69, 9.17) is 11.6 Å². The van der Waals surface area contributed by atoms with Crippen LogP contribution in [0.15, 0.2) is 35.7 Å². The van der Waals surface area contributed by atoms with Gasteiger partial charge in [-0.2, -0.15) is 0 Å². The SMILES string of the molecule is Cl.Cl[13c]1[13cH][13cH][13cH][13cH][13c]1CN1CCc2sccc2C1. The van der Waals surface area contributed by atoms with Crippen LogP contribution in [0.1, 0.15) is 16.0 Å². The van der Waals surface area contributed by atoms with Gasteiger partial charge in [-0.3, -0.25) is 4.90 Å². The van der Waals surface area contributed by atoms with Crippen molar-refractivity contribution in [2.45, 2.75) is 19.5 Å². The number of nitrogens with zero attached hydrogens (tertiary/aromatic N) is 1. The average molecular weight is 306 g/mol. The molecule has 0 radical (unpaired) electrons. The van der Waals surface area contributed by atoms with E-state index < -0.39 is 0 Å². The fourth-order valence-corrected chi connectivity index (χ4v) is 3.39. The number of halogens is 2. The second kappa shape index (κ2) is 6.07. The Morgan fingerprint density at radius 1 is 1.22 bits per heavy atom. The van der Waals surface area contributed by atoms with Crippen LogP contribution < -0.4 is 0 Å². The summed E-state index contributed by atoms with van der Waals surface area (Å²) in [6.45, 7) is 3.15. The van der Waals surface area contributed by atoms with Gasteiger partial charge in [0.2, 0.25) is 0 Å². The Kier molecular flexibility index (Phi) is 4.68. The topological polar surface area (TPSA) is 3.24 Å². The minimum Gasteiger partial charge on any atom is -0.294 e. The molecule has 1 aliphatic heterocycles. The van der Waals surface area contributed by atoms with Crippen LogP contribution in [-0.2, 0) is 19.5 Å². The van der Waals surface area contributed by atoms with Crippen molar-refractivity contribution in [1.82, 2.24) is 4.90 Å². The third-order valence-electron chi connectivity index (χ3n) is 3.24. The van der Waals surface area contributed by atoms with E-state index in [1.165, 1.54) is 17.5 Å². The van der Waals surface area contributed by atoms with Gasteiger partial charge in [-0.1, -0.05) is 29.8 Å². The summed E-state index contributed by atoms with van der Waals surface area (Å²) in [6.07, 6.45) is 1.18. The van der Waals surface area contributed by atoms with Crippen LogP contribution in [0.2, 0.25) is 5.02 Å². The first-order chi connectivity index (χ1) is 8.33. The molecular weight excluding hydrogens is 291 g/mol. The molecule has 0 spiro atoms. The molecule has 0 amide bonds. The summed E-state index contributed by atoms with van der Waals surface area (Å²) in [6, 6.07) is 10.4. The minimum absolute atomic E-state index is 0. The molecule has 1 aromatic heterocycles. The maximum atomic E-state index is 6.20. The van der Waals surface area contributed by atoms with Crippen molar-refractivity contribution in [2.75, 3.05) is 6.54 Å². The molecule has 0 bridgehead atoms. The average Bonchev–Trinajstić information content (AvgIpc) is 2.79. The van der Waals surface area contributed by atoms with Gasteiger partial charge in [0, 0.05) is 29.5 Å². The fraction of sp³-hybridized carbons (Fsp3) is 0.286. The van der Waals surface area contributed by atoms with Gasteiger partial charge in [0.1, 0.15) is 0 Å². The summed E-state index contributed by atoms with van der Waals surface area (Å²) in [7, 11) is 0. The summed E-state index contributed by atoms with van der Waals surface area (Å²) < 4.78 is 0. The molecule has 4 heteroatoms. The second-order valence-corrected chi connectivity index (χ2v) is 5.83. The van der Waals surface area contributed by atoms with Gasteiger partial charge < -0.3 is 0 Å². The minimum atomic E-state index is 0. The Balaban J connectivity index is 0.00000120. The molecule has 0 atom stereocenters. The van der Waals surface area contributed by atoms with Crippen molar-refractivity contribution in [3.63, 3.8) is 0 Å². The Morgan fingerprint density at radius 3 is 2.89 bits per heavy atom. The summed E-state index contributed by atoms with van der Waals surface area (Å²) >= 11 is 8.08. The van der Waals surface area contributed by atoms with E-state index in [9.17, 15) is 0 Å². The highest BCUT2D eigenvalue weighted by atomic mass is 35.5. The quantitative estimate of drug-likeness (QED) is 0.796. The zero-order valence-corrected chi connectivity index (χ0v) is 12.3. The van der Waals surface area contributed by atoms with Gasteiger partial charge in [-0.15, -0.1) is 23.7 Å². The van der Waals surface area contributed by atoms with Crippen LogP contribution in [0.4, 0.5) is 0 Å². The Hall–Kier alpha value is -0.540. The van der Waals surface area contributed by atoms with Crippen LogP contribution >= 0.6 is 35.3 Å². The molecule has 0 saturated carbocycles. The summed E-state index contributed by atoms with van der Waals surface area (Å²) in [5.41, 5.74) is 2.72. The van der Waals surface area contributed by atoms with Gasteiger partial charge in [-0.05, 0) is 35.1 Å². The van der Waals surface area contributed by atoms with Crippen molar-refractivity contribution in [3.8, 4) is 0 Å². The molecule has 96 valence electrons.